The van der Waals surface area contributed by atoms with Gasteiger partial charge in [0.05, 0.1) is 39.0 Å². The average molecular weight is 788 g/mol. The van der Waals surface area contributed by atoms with E-state index >= 15 is 0 Å². The number of ketones is 4. The van der Waals surface area contributed by atoms with Gasteiger partial charge in [0.2, 0.25) is 5.91 Å². The summed E-state index contributed by atoms with van der Waals surface area (Å²) in [7, 11) is 1.51. The molecule has 1 amide bonds. The number of fused-ring (bicyclic) bond motifs is 1. The van der Waals surface area contributed by atoms with Gasteiger partial charge in [-0.3, -0.25) is 24.0 Å². The first-order valence-corrected chi connectivity index (χ1v) is 20.8. The Kier molecular flexibility index (Phi) is 22.2. The predicted octanol–water partition coefficient (Wildman–Crippen LogP) is 5.48. The van der Waals surface area contributed by atoms with Gasteiger partial charge in [0.15, 0.2) is 17.3 Å². The number of aliphatic hydroxyl groups excluding tert-OH is 1. The molecule has 2 aliphatic rings. The van der Waals surface area contributed by atoms with Crippen LogP contribution in [0.5, 0.6) is 0 Å². The molecule has 5 unspecified atom stereocenters. The molecule has 316 valence electrons. The number of unbranched alkanes of at least 4 members (excludes halogenated alkanes) is 2. The molecule has 0 aliphatic heterocycles. The lowest BCUT2D eigenvalue weighted by atomic mass is 9.82. The fourth-order valence-corrected chi connectivity index (χ4v) is 7.92. The predicted molar refractivity (Wildman–Crippen MR) is 213 cm³/mol. The van der Waals surface area contributed by atoms with Crippen LogP contribution in [0.3, 0.4) is 0 Å². The SMILES string of the molecule is COCC(CO)CC(=O)COCC(=O)CCCCOCCOCCOCCCNC(=O)CCCCC1CCC2C(C(=O)c3ccc(C(C)(C)C)cc3)C(=O)CC12. The molecule has 0 aromatic heterocycles. The third-order valence-corrected chi connectivity index (χ3v) is 11.0. The van der Waals surface area contributed by atoms with E-state index in [9.17, 15) is 29.1 Å². The van der Waals surface area contributed by atoms with Gasteiger partial charge < -0.3 is 34.1 Å². The summed E-state index contributed by atoms with van der Waals surface area (Å²) in [5, 5.41) is 12.2. The van der Waals surface area contributed by atoms with Crippen molar-refractivity contribution in [2.45, 2.75) is 103 Å². The summed E-state index contributed by atoms with van der Waals surface area (Å²) in [5.74, 6) is 0.0619. The molecule has 0 bridgehead atoms. The molecule has 2 fully saturated rings. The molecular formula is C44H69NO11. The van der Waals surface area contributed by atoms with Crippen molar-refractivity contribution >= 4 is 29.0 Å². The second-order valence-corrected chi connectivity index (χ2v) is 16.5. The second-order valence-electron chi connectivity index (χ2n) is 16.5. The number of carbonyl (C=O) groups is 5. The van der Waals surface area contributed by atoms with Crippen LogP contribution in [0.4, 0.5) is 0 Å². The van der Waals surface area contributed by atoms with E-state index in [2.05, 4.69) is 26.1 Å². The highest BCUT2D eigenvalue weighted by Crippen LogP contribution is 2.51. The van der Waals surface area contributed by atoms with E-state index in [4.69, 9.17) is 23.7 Å². The highest BCUT2D eigenvalue weighted by atomic mass is 16.5. The number of aliphatic hydroxyl groups is 1. The first kappa shape index (κ1) is 47.5. The summed E-state index contributed by atoms with van der Waals surface area (Å²) in [6.07, 6.45) is 8.42. The summed E-state index contributed by atoms with van der Waals surface area (Å²) >= 11 is 0. The van der Waals surface area contributed by atoms with Crippen molar-refractivity contribution in [3.63, 3.8) is 0 Å². The summed E-state index contributed by atoms with van der Waals surface area (Å²) in [6.45, 7) is 9.83. The number of amides is 1. The highest BCUT2D eigenvalue weighted by molar-refractivity contribution is 6.12. The first-order chi connectivity index (χ1) is 26.9. The fraction of sp³-hybridized carbons (Fsp3) is 0.750. The van der Waals surface area contributed by atoms with E-state index in [0.717, 1.165) is 44.9 Å². The van der Waals surface area contributed by atoms with E-state index < -0.39 is 5.92 Å². The lowest BCUT2D eigenvalue weighted by Gasteiger charge is -2.21. The third kappa shape index (κ3) is 17.3. The average Bonchev–Trinajstić information content (AvgIpc) is 3.71. The molecule has 0 spiro atoms. The van der Waals surface area contributed by atoms with Crippen molar-refractivity contribution in [1.29, 1.82) is 0 Å². The zero-order valence-electron chi connectivity index (χ0n) is 34.5. The van der Waals surface area contributed by atoms with Crippen LogP contribution >= 0.6 is 0 Å². The van der Waals surface area contributed by atoms with Gasteiger partial charge in [0.1, 0.15) is 19.0 Å². The summed E-state index contributed by atoms with van der Waals surface area (Å²) in [5.41, 5.74) is 1.83. The van der Waals surface area contributed by atoms with Crippen LogP contribution in [-0.2, 0) is 48.3 Å². The maximum atomic E-state index is 13.4. The van der Waals surface area contributed by atoms with E-state index in [1.165, 1.54) is 12.7 Å². The topological polar surface area (TPSA) is 164 Å². The van der Waals surface area contributed by atoms with E-state index in [0.29, 0.717) is 90.0 Å². The van der Waals surface area contributed by atoms with Crippen LogP contribution < -0.4 is 5.32 Å². The van der Waals surface area contributed by atoms with Gasteiger partial charge in [-0.1, -0.05) is 57.9 Å². The molecule has 2 N–H and O–H groups in total. The standard InChI is InChI=1S/C44H69NO11/c1-44(2,3)35-16-13-34(14-17-35)43(51)42-38-18-15-33(39(38)27-40(42)49)10-5-6-12-41(50)45-19-9-21-54-23-25-55-24-22-53-20-8-7-11-36(47)30-56-31-37(48)26-32(28-46)29-52-4/h13-14,16-17,32-33,38-39,42,46H,5-12,15,18-31H2,1-4H3,(H,45,50). The zero-order valence-corrected chi connectivity index (χ0v) is 34.5. The molecule has 12 nitrogen and oxygen atoms in total. The molecule has 12 heteroatoms. The second kappa shape index (κ2) is 26.2. The minimum Gasteiger partial charge on any atom is -0.396 e. The maximum Gasteiger partial charge on any atom is 0.219 e. The number of nitrogens with one attached hydrogen (secondary N) is 1. The van der Waals surface area contributed by atoms with Crippen molar-refractivity contribution in [1.82, 2.24) is 5.32 Å². The van der Waals surface area contributed by atoms with E-state index in [1.807, 2.05) is 24.3 Å². The Hall–Kier alpha value is -2.87. The largest absolute Gasteiger partial charge is 0.396 e. The number of ether oxygens (including phenoxy) is 5. The molecule has 2 saturated carbocycles. The Morgan fingerprint density at radius 3 is 2.09 bits per heavy atom. The summed E-state index contributed by atoms with van der Waals surface area (Å²) in [4.78, 5) is 62.6. The molecule has 1 aromatic carbocycles. The van der Waals surface area contributed by atoms with Gasteiger partial charge in [-0.05, 0) is 67.3 Å². The third-order valence-electron chi connectivity index (χ3n) is 11.0. The van der Waals surface area contributed by atoms with Crippen LogP contribution in [0.25, 0.3) is 0 Å². The van der Waals surface area contributed by atoms with E-state index in [1.54, 1.807) is 0 Å². The van der Waals surface area contributed by atoms with Gasteiger partial charge in [-0.2, -0.15) is 0 Å². The fourth-order valence-electron chi connectivity index (χ4n) is 7.92. The minimum atomic E-state index is -0.500. The van der Waals surface area contributed by atoms with Crippen molar-refractivity contribution in [3.05, 3.63) is 35.4 Å². The molecule has 3 rings (SSSR count). The Bertz CT molecular complexity index is 1340. The van der Waals surface area contributed by atoms with Crippen LogP contribution in [0.15, 0.2) is 24.3 Å². The molecule has 0 heterocycles. The monoisotopic (exact) mass is 787 g/mol. The van der Waals surface area contributed by atoms with Crippen LogP contribution in [0.1, 0.15) is 114 Å². The Balaban J connectivity index is 1.09. The van der Waals surface area contributed by atoms with Gasteiger partial charge in [-0.15, -0.1) is 0 Å². The molecular weight excluding hydrogens is 718 g/mol. The van der Waals surface area contributed by atoms with Crippen LogP contribution in [-0.4, -0.2) is 114 Å². The van der Waals surface area contributed by atoms with E-state index in [-0.39, 0.29) is 78.5 Å². The summed E-state index contributed by atoms with van der Waals surface area (Å²) in [6, 6.07) is 7.80. The molecule has 0 saturated heterocycles. The molecule has 56 heavy (non-hydrogen) atoms. The van der Waals surface area contributed by atoms with Crippen LogP contribution in [0.2, 0.25) is 0 Å². The van der Waals surface area contributed by atoms with Crippen molar-refractivity contribution in [2.75, 3.05) is 79.7 Å². The number of carbonyl (C=O) groups excluding carboxylic acids is 5. The summed E-state index contributed by atoms with van der Waals surface area (Å²) < 4.78 is 26.8. The van der Waals surface area contributed by atoms with Gasteiger partial charge in [-0.25, -0.2) is 0 Å². The Morgan fingerprint density at radius 2 is 1.43 bits per heavy atom. The lowest BCUT2D eigenvalue weighted by molar-refractivity contribution is -0.130. The molecule has 5 atom stereocenters. The number of hydrogen-bond acceptors (Lipinski definition) is 11. The molecule has 2 aliphatic carbocycles. The molecule has 1 aromatic rings. The Morgan fingerprint density at radius 1 is 0.786 bits per heavy atom. The minimum absolute atomic E-state index is 0.0120. The van der Waals surface area contributed by atoms with Gasteiger partial charge in [0, 0.05) is 70.6 Å². The number of rotatable bonds is 31. The first-order valence-electron chi connectivity index (χ1n) is 20.8. The highest BCUT2D eigenvalue weighted by Gasteiger charge is 2.51. The van der Waals surface area contributed by atoms with Crippen molar-refractivity contribution < 1.29 is 52.8 Å². The normalized spacial score (nSPS) is 19.9. The van der Waals surface area contributed by atoms with Crippen molar-refractivity contribution in [3.8, 4) is 0 Å². The number of Topliss-reactive ketones (excluding diaryl/α,β-unsaturated/α-hetero) is 4. The maximum absolute atomic E-state index is 13.4. The van der Waals surface area contributed by atoms with Crippen LogP contribution in [0, 0.1) is 29.6 Å². The van der Waals surface area contributed by atoms with Gasteiger partial charge in [0.25, 0.3) is 0 Å². The smallest absolute Gasteiger partial charge is 0.219 e. The number of methoxy groups -OCH3 is 1. The Labute approximate surface area is 334 Å². The zero-order chi connectivity index (χ0) is 40.8. The lowest BCUT2D eigenvalue weighted by Crippen LogP contribution is -2.25. The molecule has 0 radical (unpaired) electrons. The van der Waals surface area contributed by atoms with Gasteiger partial charge >= 0.3 is 0 Å². The number of hydrogen-bond donors (Lipinski definition) is 2. The van der Waals surface area contributed by atoms with Crippen molar-refractivity contribution in [2.24, 2.45) is 29.6 Å². The number of benzene rings is 1. The quantitative estimate of drug-likeness (QED) is 0.0556.